The molecule has 0 amide bonds. The number of rotatable bonds is 4. The molecule has 0 aliphatic heterocycles. The number of fused-ring (bicyclic) bond motifs is 1. The van der Waals surface area contributed by atoms with Gasteiger partial charge < -0.3 is 10.8 Å². The van der Waals surface area contributed by atoms with Crippen LogP contribution in [0.1, 0.15) is 23.1 Å². The number of nitrogens with two attached hydrogens (primary N) is 1. The van der Waals surface area contributed by atoms with Gasteiger partial charge in [0.25, 0.3) is 0 Å². The van der Waals surface area contributed by atoms with Crippen molar-refractivity contribution in [2.75, 3.05) is 6.54 Å². The van der Waals surface area contributed by atoms with Gasteiger partial charge in [0.1, 0.15) is 5.15 Å². The van der Waals surface area contributed by atoms with Crippen molar-refractivity contribution in [3.63, 3.8) is 0 Å². The van der Waals surface area contributed by atoms with Crippen molar-refractivity contribution in [3.05, 3.63) is 77.1 Å². The van der Waals surface area contributed by atoms with Gasteiger partial charge in [-0.2, -0.15) is 0 Å². The number of halogens is 3. The number of hydrogen-bond acceptors (Lipinski definition) is 3. The quantitative estimate of drug-likeness (QED) is 0.650. The Morgan fingerprint density at radius 3 is 2.25 bits per heavy atom. The first-order chi connectivity index (χ1) is 10.7. The van der Waals surface area contributed by atoms with Crippen LogP contribution in [0.5, 0.6) is 0 Å². The van der Waals surface area contributed by atoms with E-state index in [0.29, 0.717) is 17.3 Å². The van der Waals surface area contributed by atoms with Gasteiger partial charge in [-0.15, -0.1) is 24.8 Å². The third kappa shape index (κ3) is 4.38. The molecule has 3 aromatic rings. The zero-order chi connectivity index (χ0) is 15.5. The van der Waals surface area contributed by atoms with E-state index < -0.39 is 6.10 Å². The molecule has 1 heterocycles. The van der Waals surface area contributed by atoms with Crippen LogP contribution in [0.2, 0.25) is 5.15 Å². The van der Waals surface area contributed by atoms with Crippen LogP contribution in [0.15, 0.2) is 60.8 Å². The molecule has 2 atom stereocenters. The molecule has 2 unspecified atom stereocenters. The normalized spacial score (nSPS) is 12.8. The predicted molar refractivity (Wildman–Crippen MR) is 104 cm³/mol. The number of aliphatic hydroxyl groups excluding tert-OH is 1. The van der Waals surface area contributed by atoms with Crippen molar-refractivity contribution in [2.24, 2.45) is 5.73 Å². The molecule has 128 valence electrons. The van der Waals surface area contributed by atoms with Crippen molar-refractivity contribution < 1.29 is 5.11 Å². The maximum Gasteiger partial charge on any atom is 0.129 e. The minimum absolute atomic E-state index is 0. The van der Waals surface area contributed by atoms with Gasteiger partial charge in [0.05, 0.1) is 6.10 Å². The van der Waals surface area contributed by atoms with Gasteiger partial charge in [0, 0.05) is 18.7 Å². The smallest absolute Gasteiger partial charge is 0.129 e. The number of hydrogen-bond donors (Lipinski definition) is 2. The molecule has 2 aromatic carbocycles. The second-order valence-corrected chi connectivity index (χ2v) is 5.70. The van der Waals surface area contributed by atoms with Gasteiger partial charge >= 0.3 is 0 Å². The maximum absolute atomic E-state index is 10.6. The number of benzene rings is 2. The summed E-state index contributed by atoms with van der Waals surface area (Å²) in [5.74, 6) is -0.187. The molecule has 1 aromatic heterocycles. The zero-order valence-corrected chi connectivity index (χ0v) is 15.2. The Bertz CT molecular complexity index is 781. The van der Waals surface area contributed by atoms with Crippen molar-refractivity contribution in [2.45, 2.75) is 12.0 Å². The van der Waals surface area contributed by atoms with Crippen LogP contribution in [-0.2, 0) is 0 Å². The lowest BCUT2D eigenvalue weighted by Crippen LogP contribution is -2.20. The summed E-state index contributed by atoms with van der Waals surface area (Å²) in [6.07, 6.45) is 0.882. The molecular weight excluding hydrogens is 367 g/mol. The van der Waals surface area contributed by atoms with Gasteiger partial charge in [-0.3, -0.25) is 0 Å². The van der Waals surface area contributed by atoms with E-state index >= 15 is 0 Å². The van der Waals surface area contributed by atoms with E-state index in [1.807, 2.05) is 18.2 Å². The number of aromatic nitrogens is 1. The lowest BCUT2D eigenvalue weighted by Gasteiger charge is -2.22. The Kier molecular flexibility index (Phi) is 7.94. The topological polar surface area (TPSA) is 59.1 Å². The Morgan fingerprint density at radius 2 is 1.62 bits per heavy atom. The highest BCUT2D eigenvalue weighted by Gasteiger charge is 2.22. The molecule has 0 aliphatic rings. The Hall–Kier alpha value is -1.36. The molecule has 3 N–H and O–H groups in total. The average Bonchev–Trinajstić information content (AvgIpc) is 2.56. The van der Waals surface area contributed by atoms with Crippen LogP contribution < -0.4 is 5.73 Å². The van der Waals surface area contributed by atoms with Crippen LogP contribution in [0.4, 0.5) is 0 Å². The monoisotopic (exact) mass is 384 g/mol. The Balaban J connectivity index is 0.00000144. The van der Waals surface area contributed by atoms with Crippen LogP contribution in [-0.4, -0.2) is 16.6 Å². The van der Waals surface area contributed by atoms with E-state index in [1.165, 1.54) is 5.39 Å². The van der Waals surface area contributed by atoms with Crippen LogP contribution in [0.3, 0.4) is 0 Å². The van der Waals surface area contributed by atoms with E-state index in [1.54, 1.807) is 18.3 Å². The predicted octanol–water partition coefficient (Wildman–Crippen LogP) is 4.51. The number of pyridine rings is 1. The van der Waals surface area contributed by atoms with E-state index in [4.69, 9.17) is 17.3 Å². The highest BCUT2D eigenvalue weighted by atomic mass is 35.5. The van der Waals surface area contributed by atoms with Crippen LogP contribution in [0.25, 0.3) is 10.8 Å². The first kappa shape index (κ1) is 20.7. The molecule has 0 spiro atoms. The van der Waals surface area contributed by atoms with E-state index in [0.717, 1.165) is 10.9 Å². The molecule has 6 heteroatoms. The van der Waals surface area contributed by atoms with Crippen molar-refractivity contribution >= 4 is 47.2 Å². The van der Waals surface area contributed by atoms with Crippen molar-refractivity contribution in [1.29, 1.82) is 0 Å². The highest BCUT2D eigenvalue weighted by molar-refractivity contribution is 6.29. The zero-order valence-electron chi connectivity index (χ0n) is 12.8. The van der Waals surface area contributed by atoms with E-state index in [2.05, 4.69) is 29.2 Å². The van der Waals surface area contributed by atoms with Gasteiger partial charge in [-0.05, 0) is 28.0 Å². The first-order valence-corrected chi connectivity index (χ1v) is 7.55. The minimum atomic E-state index is -0.712. The first-order valence-electron chi connectivity index (χ1n) is 7.17. The summed E-state index contributed by atoms with van der Waals surface area (Å²) in [6.45, 7) is 0.349. The summed E-state index contributed by atoms with van der Waals surface area (Å²) in [5, 5.41) is 13.4. The summed E-state index contributed by atoms with van der Waals surface area (Å²) in [4.78, 5) is 4.03. The van der Waals surface area contributed by atoms with Gasteiger partial charge in [-0.1, -0.05) is 60.1 Å². The van der Waals surface area contributed by atoms with Crippen molar-refractivity contribution in [3.8, 4) is 0 Å². The molecule has 0 fully saturated rings. The Labute approximate surface area is 158 Å². The maximum atomic E-state index is 10.6. The Morgan fingerprint density at radius 1 is 0.958 bits per heavy atom. The fourth-order valence-corrected chi connectivity index (χ4v) is 2.79. The van der Waals surface area contributed by atoms with E-state index in [-0.39, 0.29) is 30.7 Å². The number of aliphatic hydroxyl groups is 1. The summed E-state index contributed by atoms with van der Waals surface area (Å²) in [5.41, 5.74) is 7.64. The summed E-state index contributed by atoms with van der Waals surface area (Å²) >= 11 is 5.79. The van der Waals surface area contributed by atoms with Crippen LogP contribution >= 0.6 is 36.4 Å². The molecule has 3 rings (SSSR count). The fourth-order valence-electron chi connectivity index (χ4n) is 2.68. The SMILES string of the molecule is Cl.Cl.NCC(c1ccc2ccccc2c1)C(O)c1ccc(Cl)nc1. The molecule has 0 saturated heterocycles. The summed E-state index contributed by atoms with van der Waals surface area (Å²) in [7, 11) is 0. The third-order valence-electron chi connectivity index (χ3n) is 3.93. The van der Waals surface area contributed by atoms with Gasteiger partial charge in [-0.25, -0.2) is 4.98 Å². The fraction of sp³-hybridized carbons (Fsp3) is 0.167. The molecule has 0 aliphatic carbocycles. The third-order valence-corrected chi connectivity index (χ3v) is 4.15. The standard InChI is InChI=1S/C18H17ClN2O.2ClH/c19-17-8-7-15(11-21-17)18(22)16(10-20)14-6-5-12-3-1-2-4-13(12)9-14;;/h1-9,11,16,18,22H,10,20H2;2*1H. The molecule has 3 nitrogen and oxygen atoms in total. The van der Waals surface area contributed by atoms with Gasteiger partial charge in [0.15, 0.2) is 0 Å². The average molecular weight is 386 g/mol. The van der Waals surface area contributed by atoms with E-state index in [9.17, 15) is 5.11 Å². The lowest BCUT2D eigenvalue weighted by atomic mass is 9.88. The minimum Gasteiger partial charge on any atom is -0.388 e. The molecular formula is C18H19Cl3N2O. The summed E-state index contributed by atoms with van der Waals surface area (Å²) < 4.78 is 0. The lowest BCUT2D eigenvalue weighted by molar-refractivity contribution is 0.147. The molecule has 0 radical (unpaired) electrons. The molecule has 24 heavy (non-hydrogen) atoms. The molecule has 0 bridgehead atoms. The largest absolute Gasteiger partial charge is 0.388 e. The van der Waals surface area contributed by atoms with Gasteiger partial charge in [0.2, 0.25) is 0 Å². The number of nitrogens with zero attached hydrogens (tertiary/aromatic N) is 1. The second-order valence-electron chi connectivity index (χ2n) is 5.31. The molecule has 0 saturated carbocycles. The highest BCUT2D eigenvalue weighted by Crippen LogP contribution is 2.31. The second kappa shape index (κ2) is 9.21. The van der Waals surface area contributed by atoms with Crippen LogP contribution in [0, 0.1) is 0 Å². The summed E-state index contributed by atoms with van der Waals surface area (Å²) in [6, 6.07) is 17.8. The van der Waals surface area contributed by atoms with Crippen molar-refractivity contribution in [1.82, 2.24) is 4.98 Å².